The Morgan fingerprint density at radius 2 is 2.27 bits per heavy atom. The fourth-order valence-corrected chi connectivity index (χ4v) is 1.79. The first-order valence-electron chi connectivity index (χ1n) is 4.16. The number of nitrogens with two attached hydrogens (primary N) is 1. The molecule has 0 saturated heterocycles. The number of aromatic nitrogens is 1. The van der Waals surface area contributed by atoms with Crippen LogP contribution < -0.4 is 11.5 Å². The van der Waals surface area contributed by atoms with Crippen molar-refractivity contribution in [3.8, 4) is 0 Å². The van der Waals surface area contributed by atoms with Crippen LogP contribution in [0.1, 0.15) is 0 Å². The maximum atomic E-state index is 11.4. The van der Waals surface area contributed by atoms with E-state index in [-0.39, 0.29) is 6.54 Å². The largest absolute Gasteiger partial charge is 0.420 e. The van der Waals surface area contributed by atoms with E-state index >= 15 is 0 Å². The molecule has 0 fully saturated rings. The molecule has 0 bridgehead atoms. The van der Waals surface area contributed by atoms with Crippen LogP contribution >= 0.6 is 15.9 Å². The Labute approximate surface area is 92.6 Å². The van der Waals surface area contributed by atoms with Crippen molar-refractivity contribution in [2.75, 3.05) is 0 Å². The Balaban J connectivity index is 2.74. The Morgan fingerprint density at radius 3 is 2.93 bits per heavy atom. The summed E-state index contributed by atoms with van der Waals surface area (Å²) in [6.45, 7) is -0.178. The number of primary amides is 1. The topological polar surface area (TPSA) is 78.2 Å². The van der Waals surface area contributed by atoms with Crippen molar-refractivity contribution >= 4 is 32.9 Å². The highest BCUT2D eigenvalue weighted by Crippen LogP contribution is 2.22. The van der Waals surface area contributed by atoms with E-state index in [0.717, 1.165) is 0 Å². The molecular formula is C9H7BrN2O3. The molecule has 1 aromatic carbocycles. The molecule has 5 nitrogen and oxygen atoms in total. The van der Waals surface area contributed by atoms with Gasteiger partial charge < -0.3 is 10.2 Å². The summed E-state index contributed by atoms with van der Waals surface area (Å²) in [4.78, 5) is 22.2. The minimum atomic E-state index is -0.587. The molecule has 78 valence electrons. The maximum Gasteiger partial charge on any atom is 0.420 e. The quantitative estimate of drug-likeness (QED) is 0.879. The van der Waals surface area contributed by atoms with Crippen LogP contribution in [-0.2, 0) is 11.3 Å². The van der Waals surface area contributed by atoms with E-state index in [1.54, 1.807) is 18.2 Å². The first kappa shape index (κ1) is 9.97. The molecule has 2 rings (SSSR count). The van der Waals surface area contributed by atoms with Crippen molar-refractivity contribution in [1.29, 1.82) is 0 Å². The van der Waals surface area contributed by atoms with Crippen LogP contribution in [0.3, 0.4) is 0 Å². The number of halogens is 1. The fourth-order valence-electron chi connectivity index (χ4n) is 1.36. The lowest BCUT2D eigenvalue weighted by atomic mass is 10.3. The average Bonchev–Trinajstić information content (AvgIpc) is 2.45. The van der Waals surface area contributed by atoms with Crippen molar-refractivity contribution in [2.45, 2.75) is 6.54 Å². The summed E-state index contributed by atoms with van der Waals surface area (Å²) in [6.07, 6.45) is 0. The summed E-state index contributed by atoms with van der Waals surface area (Å²) in [7, 11) is 0. The minimum absolute atomic E-state index is 0.178. The molecule has 0 saturated carbocycles. The van der Waals surface area contributed by atoms with Crippen LogP contribution in [0.2, 0.25) is 0 Å². The van der Waals surface area contributed by atoms with Crippen LogP contribution in [0.25, 0.3) is 11.1 Å². The highest BCUT2D eigenvalue weighted by Gasteiger charge is 2.12. The van der Waals surface area contributed by atoms with Gasteiger partial charge in [0.2, 0.25) is 5.91 Å². The molecule has 0 radical (unpaired) electrons. The van der Waals surface area contributed by atoms with Gasteiger partial charge in [0.15, 0.2) is 5.58 Å². The molecule has 0 atom stereocenters. The third kappa shape index (κ3) is 1.68. The van der Waals surface area contributed by atoms with Gasteiger partial charge in [-0.25, -0.2) is 4.79 Å². The molecule has 6 heteroatoms. The first-order valence-corrected chi connectivity index (χ1v) is 4.95. The number of fused-ring (bicyclic) bond motifs is 1. The standard InChI is InChI=1S/C9H7BrN2O3/c10-5-2-1-3-6-8(5)15-9(14)12(6)4-7(11)13/h1-3H,4H2,(H2,11,13). The van der Waals surface area contributed by atoms with Crippen molar-refractivity contribution in [3.63, 3.8) is 0 Å². The van der Waals surface area contributed by atoms with Crippen molar-refractivity contribution < 1.29 is 9.21 Å². The minimum Gasteiger partial charge on any atom is -0.406 e. The van der Waals surface area contributed by atoms with Crippen molar-refractivity contribution in [3.05, 3.63) is 33.2 Å². The number of amides is 1. The van der Waals surface area contributed by atoms with Gasteiger partial charge in [0.1, 0.15) is 6.54 Å². The lowest BCUT2D eigenvalue weighted by molar-refractivity contribution is -0.118. The molecule has 0 aliphatic rings. The molecule has 1 heterocycles. The highest BCUT2D eigenvalue weighted by molar-refractivity contribution is 9.10. The van der Waals surface area contributed by atoms with Crippen LogP contribution in [0.15, 0.2) is 31.9 Å². The molecule has 1 aromatic heterocycles. The van der Waals surface area contributed by atoms with E-state index in [9.17, 15) is 9.59 Å². The maximum absolute atomic E-state index is 11.4. The van der Waals surface area contributed by atoms with Crippen LogP contribution in [0.4, 0.5) is 0 Å². The fraction of sp³-hybridized carbons (Fsp3) is 0.111. The van der Waals surface area contributed by atoms with Gasteiger partial charge in [-0.15, -0.1) is 0 Å². The summed E-state index contributed by atoms with van der Waals surface area (Å²) < 4.78 is 6.85. The lowest BCUT2D eigenvalue weighted by Gasteiger charge is -1.97. The van der Waals surface area contributed by atoms with Gasteiger partial charge in [-0.1, -0.05) is 6.07 Å². The zero-order valence-electron chi connectivity index (χ0n) is 7.57. The second-order valence-electron chi connectivity index (χ2n) is 3.01. The molecule has 2 aromatic rings. The number of carbonyl (C=O) groups is 1. The van der Waals surface area contributed by atoms with E-state index < -0.39 is 11.7 Å². The Bertz CT molecular complexity index is 585. The normalized spacial score (nSPS) is 10.7. The van der Waals surface area contributed by atoms with Gasteiger partial charge in [-0.3, -0.25) is 9.36 Å². The van der Waals surface area contributed by atoms with E-state index in [1.807, 2.05) is 0 Å². The number of para-hydroxylation sites is 1. The summed E-state index contributed by atoms with van der Waals surface area (Å²) in [5.74, 6) is -1.17. The summed E-state index contributed by atoms with van der Waals surface area (Å²) in [5, 5.41) is 0. The smallest absolute Gasteiger partial charge is 0.406 e. The van der Waals surface area contributed by atoms with Gasteiger partial charge in [0, 0.05) is 0 Å². The van der Waals surface area contributed by atoms with Gasteiger partial charge in [0.05, 0.1) is 9.99 Å². The third-order valence-electron chi connectivity index (χ3n) is 1.96. The summed E-state index contributed by atoms with van der Waals surface area (Å²) in [6, 6.07) is 5.19. The monoisotopic (exact) mass is 270 g/mol. The second-order valence-corrected chi connectivity index (χ2v) is 3.86. The number of carbonyl (C=O) groups excluding carboxylic acids is 1. The van der Waals surface area contributed by atoms with Crippen LogP contribution in [-0.4, -0.2) is 10.5 Å². The van der Waals surface area contributed by atoms with Crippen LogP contribution in [0.5, 0.6) is 0 Å². The average molecular weight is 271 g/mol. The number of hydrogen-bond acceptors (Lipinski definition) is 3. The number of oxazole rings is 1. The molecular weight excluding hydrogens is 264 g/mol. The summed E-state index contributed by atoms with van der Waals surface area (Å²) >= 11 is 3.25. The van der Waals surface area contributed by atoms with Gasteiger partial charge in [0.25, 0.3) is 0 Å². The second kappa shape index (κ2) is 3.54. The molecule has 0 unspecified atom stereocenters. The van der Waals surface area contributed by atoms with E-state index in [4.69, 9.17) is 10.2 Å². The molecule has 1 amide bonds. The number of benzene rings is 1. The van der Waals surface area contributed by atoms with Crippen molar-refractivity contribution in [1.82, 2.24) is 4.57 Å². The predicted octanol–water partition coefficient (Wildman–Crippen LogP) is 0.842. The summed E-state index contributed by atoms with van der Waals surface area (Å²) in [5.41, 5.74) is 6.00. The number of nitrogens with zero attached hydrogens (tertiary/aromatic N) is 1. The lowest BCUT2D eigenvalue weighted by Crippen LogP contribution is -2.24. The van der Waals surface area contributed by atoms with E-state index in [1.165, 1.54) is 4.57 Å². The Hall–Kier alpha value is -1.56. The zero-order chi connectivity index (χ0) is 11.0. The first-order chi connectivity index (χ1) is 7.09. The highest BCUT2D eigenvalue weighted by atomic mass is 79.9. The molecule has 2 N–H and O–H groups in total. The van der Waals surface area contributed by atoms with Crippen molar-refractivity contribution in [2.24, 2.45) is 5.73 Å². The predicted molar refractivity (Wildman–Crippen MR) is 57.4 cm³/mol. The number of rotatable bonds is 2. The van der Waals surface area contributed by atoms with E-state index in [2.05, 4.69) is 15.9 Å². The molecule has 15 heavy (non-hydrogen) atoms. The van der Waals surface area contributed by atoms with Gasteiger partial charge in [-0.05, 0) is 28.1 Å². The molecule has 0 spiro atoms. The van der Waals surface area contributed by atoms with E-state index in [0.29, 0.717) is 15.6 Å². The third-order valence-corrected chi connectivity index (χ3v) is 2.59. The number of hydrogen-bond donors (Lipinski definition) is 1. The Kier molecular flexibility index (Phi) is 2.36. The molecule has 0 aliphatic carbocycles. The SMILES string of the molecule is NC(=O)Cn1c(=O)oc2c(Br)cccc21. The Morgan fingerprint density at radius 1 is 1.53 bits per heavy atom. The van der Waals surface area contributed by atoms with Gasteiger partial charge >= 0.3 is 5.76 Å². The molecule has 0 aliphatic heterocycles. The van der Waals surface area contributed by atoms with Gasteiger partial charge in [-0.2, -0.15) is 0 Å². The zero-order valence-corrected chi connectivity index (χ0v) is 9.15. The van der Waals surface area contributed by atoms with Crippen LogP contribution in [0, 0.1) is 0 Å².